The van der Waals surface area contributed by atoms with Crippen molar-refractivity contribution in [1.29, 1.82) is 0 Å². The van der Waals surface area contributed by atoms with Crippen molar-refractivity contribution >= 4 is 11.9 Å². The Morgan fingerprint density at radius 1 is 1.19 bits per heavy atom. The van der Waals surface area contributed by atoms with Crippen molar-refractivity contribution in [2.75, 3.05) is 45.2 Å². The lowest BCUT2D eigenvalue weighted by molar-refractivity contribution is -0.136. The Kier molecular flexibility index (Phi) is 6.24. The second-order valence-electron chi connectivity index (χ2n) is 6.80. The SMILES string of the molecule is COc1cccc(CN(C)C(C)C(=O)N2CCN(c3ncccn3)CC2)c1. The van der Waals surface area contributed by atoms with Crippen LogP contribution < -0.4 is 9.64 Å². The fourth-order valence-corrected chi connectivity index (χ4v) is 3.23. The second kappa shape index (κ2) is 8.81. The molecule has 27 heavy (non-hydrogen) atoms. The van der Waals surface area contributed by atoms with Crippen LogP contribution in [0, 0.1) is 0 Å². The predicted octanol–water partition coefficient (Wildman–Crippen LogP) is 1.65. The number of carbonyl (C=O) groups excluding carboxylic acids is 1. The Labute approximate surface area is 160 Å². The summed E-state index contributed by atoms with van der Waals surface area (Å²) in [4.78, 5) is 27.6. The molecule has 0 bridgehead atoms. The highest BCUT2D eigenvalue weighted by molar-refractivity contribution is 5.81. The average molecular weight is 369 g/mol. The van der Waals surface area contributed by atoms with Crippen LogP contribution in [0.1, 0.15) is 12.5 Å². The number of amides is 1. The molecule has 0 radical (unpaired) electrons. The van der Waals surface area contributed by atoms with Gasteiger partial charge >= 0.3 is 0 Å². The van der Waals surface area contributed by atoms with Crippen molar-refractivity contribution in [3.8, 4) is 5.75 Å². The zero-order valence-electron chi connectivity index (χ0n) is 16.2. The summed E-state index contributed by atoms with van der Waals surface area (Å²) in [6.45, 7) is 5.55. The maximum atomic E-state index is 12.9. The third-order valence-corrected chi connectivity index (χ3v) is 5.01. The van der Waals surface area contributed by atoms with E-state index in [4.69, 9.17) is 4.74 Å². The molecule has 1 saturated heterocycles. The van der Waals surface area contributed by atoms with Gasteiger partial charge in [-0.05, 0) is 37.7 Å². The van der Waals surface area contributed by atoms with Crippen LogP contribution in [0.2, 0.25) is 0 Å². The molecule has 1 aromatic heterocycles. The number of methoxy groups -OCH3 is 1. The minimum atomic E-state index is -0.185. The normalized spacial score (nSPS) is 15.7. The molecule has 7 heteroatoms. The molecule has 1 aromatic carbocycles. The standard InChI is InChI=1S/C20H27N5O2/c1-16(23(2)15-17-6-4-7-18(14-17)27-3)19(26)24-10-12-25(13-11-24)20-21-8-5-9-22-20/h4-9,14,16H,10-13,15H2,1-3H3. The number of hydrogen-bond donors (Lipinski definition) is 0. The molecule has 2 aromatic rings. The van der Waals surface area contributed by atoms with Gasteiger partial charge in [0.15, 0.2) is 0 Å². The van der Waals surface area contributed by atoms with Crippen molar-refractivity contribution in [3.63, 3.8) is 0 Å². The van der Waals surface area contributed by atoms with E-state index in [0.29, 0.717) is 19.6 Å². The lowest BCUT2D eigenvalue weighted by atomic mass is 10.1. The lowest BCUT2D eigenvalue weighted by Gasteiger charge is -2.37. The van der Waals surface area contributed by atoms with Crippen LogP contribution in [0.3, 0.4) is 0 Å². The maximum Gasteiger partial charge on any atom is 0.239 e. The van der Waals surface area contributed by atoms with Gasteiger partial charge in [-0.3, -0.25) is 9.69 Å². The molecule has 0 N–H and O–H groups in total. The first-order valence-electron chi connectivity index (χ1n) is 9.22. The van der Waals surface area contributed by atoms with Crippen LogP contribution in [-0.2, 0) is 11.3 Å². The van der Waals surface area contributed by atoms with E-state index < -0.39 is 0 Å². The first-order valence-corrected chi connectivity index (χ1v) is 9.22. The summed E-state index contributed by atoms with van der Waals surface area (Å²) in [5, 5.41) is 0. The number of ether oxygens (including phenoxy) is 1. The number of hydrogen-bond acceptors (Lipinski definition) is 6. The van der Waals surface area contributed by atoms with Crippen LogP contribution in [0.4, 0.5) is 5.95 Å². The summed E-state index contributed by atoms with van der Waals surface area (Å²) in [7, 11) is 3.64. The Morgan fingerprint density at radius 2 is 1.89 bits per heavy atom. The summed E-state index contributed by atoms with van der Waals surface area (Å²) in [5.74, 6) is 1.72. The smallest absolute Gasteiger partial charge is 0.239 e. The van der Waals surface area contributed by atoms with E-state index in [9.17, 15) is 4.79 Å². The Balaban J connectivity index is 1.54. The van der Waals surface area contributed by atoms with Gasteiger partial charge in [0.25, 0.3) is 0 Å². The Bertz CT molecular complexity index is 747. The monoisotopic (exact) mass is 369 g/mol. The van der Waals surface area contributed by atoms with E-state index in [1.807, 2.05) is 43.1 Å². The molecule has 1 unspecified atom stereocenters. The number of rotatable bonds is 6. The predicted molar refractivity (Wildman–Crippen MR) is 105 cm³/mol. The van der Waals surface area contributed by atoms with Gasteiger partial charge in [-0.25, -0.2) is 9.97 Å². The van der Waals surface area contributed by atoms with Crippen molar-refractivity contribution in [2.24, 2.45) is 0 Å². The molecule has 7 nitrogen and oxygen atoms in total. The fourth-order valence-electron chi connectivity index (χ4n) is 3.23. The first-order chi connectivity index (χ1) is 13.1. The van der Waals surface area contributed by atoms with Crippen LogP contribution in [-0.4, -0.2) is 72.1 Å². The van der Waals surface area contributed by atoms with Crippen molar-refractivity contribution < 1.29 is 9.53 Å². The number of likely N-dealkylation sites (N-methyl/N-ethyl adjacent to an activating group) is 1. The second-order valence-corrected chi connectivity index (χ2v) is 6.80. The molecule has 1 fully saturated rings. The van der Waals surface area contributed by atoms with Crippen LogP contribution in [0.25, 0.3) is 0 Å². The summed E-state index contributed by atoms with van der Waals surface area (Å²) >= 11 is 0. The molecular formula is C20H27N5O2. The molecule has 144 valence electrons. The zero-order valence-corrected chi connectivity index (χ0v) is 16.2. The number of aromatic nitrogens is 2. The number of nitrogens with zero attached hydrogens (tertiary/aromatic N) is 5. The Morgan fingerprint density at radius 3 is 2.56 bits per heavy atom. The summed E-state index contributed by atoms with van der Waals surface area (Å²) in [5.41, 5.74) is 1.13. The van der Waals surface area contributed by atoms with E-state index in [2.05, 4.69) is 25.8 Å². The molecule has 3 rings (SSSR count). The molecule has 0 saturated carbocycles. The van der Waals surface area contributed by atoms with Gasteiger partial charge in [0.1, 0.15) is 5.75 Å². The van der Waals surface area contributed by atoms with Gasteiger partial charge in [-0.1, -0.05) is 12.1 Å². The number of carbonyl (C=O) groups is 1. The van der Waals surface area contributed by atoms with Gasteiger partial charge < -0.3 is 14.5 Å². The van der Waals surface area contributed by atoms with E-state index in [0.717, 1.165) is 30.4 Å². The highest BCUT2D eigenvalue weighted by Gasteiger charge is 2.27. The summed E-state index contributed by atoms with van der Waals surface area (Å²) < 4.78 is 5.28. The van der Waals surface area contributed by atoms with Crippen molar-refractivity contribution in [2.45, 2.75) is 19.5 Å². The zero-order chi connectivity index (χ0) is 19.2. The lowest BCUT2D eigenvalue weighted by Crippen LogP contribution is -2.53. The minimum absolute atomic E-state index is 0.161. The van der Waals surface area contributed by atoms with Crippen molar-refractivity contribution in [3.05, 3.63) is 48.3 Å². The van der Waals surface area contributed by atoms with Gasteiger partial charge in [-0.2, -0.15) is 0 Å². The van der Waals surface area contributed by atoms with Gasteiger partial charge in [0, 0.05) is 45.1 Å². The maximum absolute atomic E-state index is 12.9. The molecule has 1 aliphatic rings. The van der Waals surface area contributed by atoms with E-state index in [1.54, 1.807) is 19.5 Å². The third-order valence-electron chi connectivity index (χ3n) is 5.01. The molecule has 1 atom stereocenters. The van der Waals surface area contributed by atoms with Crippen molar-refractivity contribution in [1.82, 2.24) is 19.8 Å². The molecule has 1 aliphatic heterocycles. The third kappa shape index (κ3) is 4.74. The van der Waals surface area contributed by atoms with Crippen LogP contribution in [0.15, 0.2) is 42.7 Å². The number of anilines is 1. The molecular weight excluding hydrogens is 342 g/mol. The first kappa shape index (κ1) is 19.1. The van der Waals surface area contributed by atoms with Crippen LogP contribution >= 0.6 is 0 Å². The van der Waals surface area contributed by atoms with E-state index in [-0.39, 0.29) is 11.9 Å². The highest BCUT2D eigenvalue weighted by atomic mass is 16.5. The van der Waals surface area contributed by atoms with Gasteiger partial charge in [0.2, 0.25) is 11.9 Å². The number of piperazine rings is 1. The highest BCUT2D eigenvalue weighted by Crippen LogP contribution is 2.16. The summed E-state index contributed by atoms with van der Waals surface area (Å²) in [6, 6.07) is 9.58. The van der Waals surface area contributed by atoms with E-state index in [1.165, 1.54) is 0 Å². The van der Waals surface area contributed by atoms with Gasteiger partial charge in [0.05, 0.1) is 13.2 Å². The minimum Gasteiger partial charge on any atom is -0.497 e. The quantitative estimate of drug-likeness (QED) is 0.772. The fraction of sp³-hybridized carbons (Fsp3) is 0.450. The van der Waals surface area contributed by atoms with Gasteiger partial charge in [-0.15, -0.1) is 0 Å². The Hall–Kier alpha value is -2.67. The largest absolute Gasteiger partial charge is 0.497 e. The van der Waals surface area contributed by atoms with Crippen LogP contribution in [0.5, 0.6) is 5.75 Å². The summed E-state index contributed by atoms with van der Waals surface area (Å²) in [6.07, 6.45) is 3.49. The average Bonchev–Trinajstić information content (AvgIpc) is 2.73. The molecule has 2 heterocycles. The van der Waals surface area contributed by atoms with E-state index >= 15 is 0 Å². The molecule has 0 spiro atoms. The number of benzene rings is 1. The molecule has 0 aliphatic carbocycles. The topological polar surface area (TPSA) is 61.8 Å². The molecule has 1 amide bonds.